The van der Waals surface area contributed by atoms with Gasteiger partial charge in [0.2, 0.25) is 11.8 Å². The Labute approximate surface area is 252 Å². The molecule has 11 heteroatoms. The highest BCUT2D eigenvalue weighted by atomic mass is 32.2. The molecule has 2 amide bonds. The molecule has 0 radical (unpaired) electrons. The summed E-state index contributed by atoms with van der Waals surface area (Å²) in [5.74, 6) is -1.19. The van der Waals surface area contributed by atoms with Gasteiger partial charge >= 0.3 is 0 Å². The van der Waals surface area contributed by atoms with Crippen molar-refractivity contribution in [1.82, 2.24) is 10.2 Å². The minimum Gasteiger partial charge on any atom is -0.492 e. The second-order valence-corrected chi connectivity index (χ2v) is 12.8. The van der Waals surface area contributed by atoms with Gasteiger partial charge in [-0.1, -0.05) is 44.2 Å². The lowest BCUT2D eigenvalue weighted by molar-refractivity contribution is -0.139. The van der Waals surface area contributed by atoms with Crippen LogP contribution in [0.2, 0.25) is 0 Å². The third-order valence-corrected chi connectivity index (χ3v) is 9.03. The van der Waals surface area contributed by atoms with Gasteiger partial charge in [-0.25, -0.2) is 12.8 Å². The van der Waals surface area contributed by atoms with Crippen molar-refractivity contribution in [1.29, 1.82) is 0 Å². The average molecular weight is 616 g/mol. The molecular formula is C31H38FN3O5S2. The van der Waals surface area contributed by atoms with E-state index in [1.165, 1.54) is 47.0 Å². The van der Waals surface area contributed by atoms with E-state index in [4.69, 9.17) is 4.74 Å². The van der Waals surface area contributed by atoms with Crippen LogP contribution in [0, 0.1) is 11.7 Å². The largest absolute Gasteiger partial charge is 0.492 e. The maximum atomic E-state index is 14.7. The van der Waals surface area contributed by atoms with Gasteiger partial charge in [0.05, 0.1) is 17.2 Å². The van der Waals surface area contributed by atoms with Gasteiger partial charge < -0.3 is 15.0 Å². The molecular weight excluding hydrogens is 577 g/mol. The maximum absolute atomic E-state index is 14.7. The Kier molecular flexibility index (Phi) is 11.8. The molecule has 8 nitrogen and oxygen atoms in total. The number of nitrogens with zero attached hydrogens (tertiary/aromatic N) is 2. The first-order valence-electron chi connectivity index (χ1n) is 13.7. The van der Waals surface area contributed by atoms with Gasteiger partial charge in [-0.15, -0.1) is 11.8 Å². The Morgan fingerprint density at radius 2 is 1.62 bits per heavy atom. The average Bonchev–Trinajstić information content (AvgIpc) is 2.98. The van der Waals surface area contributed by atoms with Gasteiger partial charge in [0.1, 0.15) is 24.2 Å². The van der Waals surface area contributed by atoms with Gasteiger partial charge in [0.15, 0.2) is 0 Å². The summed E-state index contributed by atoms with van der Waals surface area (Å²) >= 11 is 1.47. The smallest absolute Gasteiger partial charge is 0.264 e. The highest BCUT2D eigenvalue weighted by molar-refractivity contribution is 7.98. The number of halogens is 1. The van der Waals surface area contributed by atoms with Gasteiger partial charge in [-0.3, -0.25) is 13.9 Å². The molecule has 0 heterocycles. The molecule has 0 aliphatic carbocycles. The lowest BCUT2D eigenvalue weighted by atomic mass is 10.1. The van der Waals surface area contributed by atoms with Crippen LogP contribution < -0.4 is 14.4 Å². The molecule has 0 aliphatic heterocycles. The quantitative estimate of drug-likeness (QED) is 0.246. The summed E-state index contributed by atoms with van der Waals surface area (Å²) in [7, 11) is -4.27. The van der Waals surface area contributed by atoms with E-state index in [1.54, 1.807) is 56.3 Å². The first kappa shape index (κ1) is 32.9. The standard InChI is InChI=1S/C31H38FN3O5S2/c1-6-40-29-14-10-9-13-28(29)35(42(38,39)26-17-15-25(41-5)16-18-26)21-30(36)34(20-24-11-7-8-12-27(24)32)23(4)31(37)33-19-22(2)3/h7-18,22-23H,6,19-21H2,1-5H3,(H,33,37). The molecule has 3 aromatic carbocycles. The number of anilines is 1. The second-order valence-electron chi connectivity index (χ2n) is 10.0. The minimum atomic E-state index is -4.27. The van der Waals surface area contributed by atoms with Crippen molar-refractivity contribution in [3.8, 4) is 5.75 Å². The number of benzene rings is 3. The highest BCUT2D eigenvalue weighted by Gasteiger charge is 2.34. The molecule has 0 fully saturated rings. The third kappa shape index (κ3) is 8.25. The van der Waals surface area contributed by atoms with Gasteiger partial charge in [0.25, 0.3) is 10.0 Å². The van der Waals surface area contributed by atoms with E-state index in [2.05, 4.69) is 5.32 Å². The van der Waals surface area contributed by atoms with Crippen LogP contribution in [0.5, 0.6) is 5.75 Å². The molecule has 3 aromatic rings. The number of thioether (sulfide) groups is 1. The number of nitrogens with one attached hydrogen (secondary N) is 1. The van der Waals surface area contributed by atoms with Crippen molar-refractivity contribution in [2.75, 3.05) is 30.3 Å². The van der Waals surface area contributed by atoms with Crippen LogP contribution in [-0.4, -0.2) is 57.1 Å². The van der Waals surface area contributed by atoms with Crippen LogP contribution in [0.3, 0.4) is 0 Å². The number of hydrogen-bond acceptors (Lipinski definition) is 6. The van der Waals surface area contributed by atoms with E-state index in [1.807, 2.05) is 20.1 Å². The molecule has 0 saturated carbocycles. The Morgan fingerprint density at radius 3 is 2.24 bits per heavy atom. The Balaban J connectivity index is 2.08. The summed E-state index contributed by atoms with van der Waals surface area (Å²) in [6, 6.07) is 17.9. The van der Waals surface area contributed by atoms with Gasteiger partial charge in [0, 0.05) is 23.5 Å². The summed E-state index contributed by atoms with van der Waals surface area (Å²) in [6.45, 7) is 6.98. The lowest BCUT2D eigenvalue weighted by Gasteiger charge is -2.32. The Morgan fingerprint density at radius 1 is 0.976 bits per heavy atom. The first-order valence-corrected chi connectivity index (χ1v) is 16.3. The summed E-state index contributed by atoms with van der Waals surface area (Å²) in [5.41, 5.74) is 0.371. The zero-order valence-corrected chi connectivity index (χ0v) is 26.2. The van der Waals surface area contributed by atoms with E-state index in [0.29, 0.717) is 6.54 Å². The molecule has 0 aliphatic rings. The lowest BCUT2D eigenvalue weighted by Crippen LogP contribution is -2.51. The summed E-state index contributed by atoms with van der Waals surface area (Å²) in [4.78, 5) is 29.2. The number of rotatable bonds is 14. The molecule has 1 N–H and O–H groups in total. The molecule has 0 spiro atoms. The Hall–Kier alpha value is -3.57. The fraction of sp³-hybridized carbons (Fsp3) is 0.355. The SMILES string of the molecule is CCOc1ccccc1N(CC(=O)N(Cc1ccccc1F)C(C)C(=O)NCC(C)C)S(=O)(=O)c1ccc(SC)cc1. The topological polar surface area (TPSA) is 96.0 Å². The summed E-state index contributed by atoms with van der Waals surface area (Å²) in [6.07, 6.45) is 1.88. The van der Waals surface area contributed by atoms with Crippen LogP contribution in [0.25, 0.3) is 0 Å². The molecule has 1 atom stereocenters. The second kappa shape index (κ2) is 15.1. The zero-order chi connectivity index (χ0) is 30.9. The van der Waals surface area contributed by atoms with Crippen molar-refractivity contribution < 1.29 is 27.1 Å². The highest BCUT2D eigenvalue weighted by Crippen LogP contribution is 2.33. The minimum absolute atomic E-state index is 0.0113. The molecule has 3 rings (SSSR count). The van der Waals surface area contributed by atoms with Gasteiger partial charge in [-0.2, -0.15) is 0 Å². The molecule has 0 aromatic heterocycles. The van der Waals surface area contributed by atoms with Crippen LogP contribution in [0.15, 0.2) is 82.6 Å². The van der Waals surface area contributed by atoms with Gasteiger partial charge in [-0.05, 0) is 68.5 Å². The van der Waals surface area contributed by atoms with Crippen LogP contribution in [-0.2, 0) is 26.2 Å². The molecule has 0 saturated heterocycles. The van der Waals surface area contributed by atoms with Crippen LogP contribution in [0.1, 0.15) is 33.3 Å². The van der Waals surface area contributed by atoms with Crippen molar-refractivity contribution in [3.63, 3.8) is 0 Å². The van der Waals surface area contributed by atoms with E-state index in [0.717, 1.165) is 9.20 Å². The predicted molar refractivity (Wildman–Crippen MR) is 165 cm³/mol. The number of sulfonamides is 1. The number of ether oxygens (including phenoxy) is 1. The number of carbonyl (C=O) groups is 2. The molecule has 226 valence electrons. The van der Waals surface area contributed by atoms with Crippen LogP contribution >= 0.6 is 11.8 Å². The fourth-order valence-electron chi connectivity index (χ4n) is 4.17. The predicted octanol–water partition coefficient (Wildman–Crippen LogP) is 5.33. The monoisotopic (exact) mass is 615 g/mol. The summed E-state index contributed by atoms with van der Waals surface area (Å²) in [5, 5.41) is 2.81. The number of carbonyl (C=O) groups excluding carboxylic acids is 2. The molecule has 0 bridgehead atoms. The van der Waals surface area contributed by atoms with E-state index in [9.17, 15) is 22.4 Å². The maximum Gasteiger partial charge on any atom is 0.264 e. The van der Waals surface area contributed by atoms with E-state index >= 15 is 0 Å². The third-order valence-electron chi connectivity index (χ3n) is 6.51. The van der Waals surface area contributed by atoms with E-state index < -0.39 is 40.2 Å². The van der Waals surface area contributed by atoms with E-state index in [-0.39, 0.29) is 41.0 Å². The number of para-hydroxylation sites is 2. The van der Waals surface area contributed by atoms with Crippen molar-refractivity contribution in [2.45, 2.75) is 50.1 Å². The van der Waals surface area contributed by atoms with Crippen molar-refractivity contribution in [3.05, 3.63) is 84.2 Å². The molecule has 1 unspecified atom stereocenters. The van der Waals surface area contributed by atoms with Crippen LogP contribution in [0.4, 0.5) is 10.1 Å². The molecule has 42 heavy (non-hydrogen) atoms. The Bertz CT molecular complexity index is 1470. The number of amides is 2. The number of hydrogen-bond donors (Lipinski definition) is 1. The van der Waals surface area contributed by atoms with Crippen molar-refractivity contribution in [2.24, 2.45) is 5.92 Å². The first-order chi connectivity index (χ1) is 20.0. The normalized spacial score (nSPS) is 12.1. The zero-order valence-electron chi connectivity index (χ0n) is 24.5. The van der Waals surface area contributed by atoms with Crippen molar-refractivity contribution >= 4 is 39.3 Å². The summed E-state index contributed by atoms with van der Waals surface area (Å²) < 4.78 is 49.6. The fourth-order valence-corrected chi connectivity index (χ4v) is 6.01.